The van der Waals surface area contributed by atoms with Crippen molar-refractivity contribution in [1.82, 2.24) is 19.8 Å². The number of anilines is 1. The number of fused-ring (bicyclic) bond motifs is 1. The lowest BCUT2D eigenvalue weighted by Crippen LogP contribution is -2.55. The highest BCUT2D eigenvalue weighted by Crippen LogP contribution is 2.30. The molecule has 1 fully saturated rings. The van der Waals surface area contributed by atoms with Gasteiger partial charge in [-0.05, 0) is 50.8 Å². The van der Waals surface area contributed by atoms with Gasteiger partial charge in [-0.1, -0.05) is 30.3 Å². The molecule has 2 amide bonds. The average molecular weight is 541 g/mol. The molecule has 10 nitrogen and oxygen atoms in total. The van der Waals surface area contributed by atoms with E-state index in [0.29, 0.717) is 44.1 Å². The van der Waals surface area contributed by atoms with E-state index < -0.39 is 17.8 Å². The van der Waals surface area contributed by atoms with Gasteiger partial charge in [-0.3, -0.25) is 0 Å². The molecule has 1 aromatic carbocycles. The lowest BCUT2D eigenvalue weighted by Gasteiger charge is -2.41. The molecule has 4 rings (SSSR count). The number of piperazine rings is 1. The number of carbonyl (C=O) groups excluding carboxylic acids is 2. The van der Waals surface area contributed by atoms with Crippen molar-refractivity contribution >= 4 is 29.6 Å². The standard InChI is InChI=1S/C27H33ClN6O4/c1-27(2,3)38-25(35)33-13-7-10-21-22(17-33)30-24(28)31-23(21)32-14-15-34(20(16-32)11-12-29)26(36)37-18-19-8-5-4-6-9-19/h4-6,8-9,20H,7,10-11,13-18H2,1-3H3. The van der Waals surface area contributed by atoms with Gasteiger partial charge in [0.1, 0.15) is 18.0 Å². The van der Waals surface area contributed by atoms with Crippen LogP contribution in [0.5, 0.6) is 0 Å². The number of halogens is 1. The Balaban J connectivity index is 1.50. The highest BCUT2D eigenvalue weighted by Gasteiger charge is 2.34. The first-order chi connectivity index (χ1) is 18.1. The van der Waals surface area contributed by atoms with Crippen LogP contribution in [0.2, 0.25) is 5.28 Å². The maximum absolute atomic E-state index is 12.9. The topological polar surface area (TPSA) is 112 Å². The molecule has 0 radical (unpaired) electrons. The number of hydrogen-bond acceptors (Lipinski definition) is 8. The van der Waals surface area contributed by atoms with E-state index >= 15 is 0 Å². The van der Waals surface area contributed by atoms with Crippen LogP contribution < -0.4 is 4.90 Å². The Morgan fingerprint density at radius 1 is 1.13 bits per heavy atom. The van der Waals surface area contributed by atoms with Crippen molar-refractivity contribution in [1.29, 1.82) is 5.26 Å². The van der Waals surface area contributed by atoms with E-state index in [-0.39, 0.29) is 30.9 Å². The molecule has 2 aliphatic rings. The summed E-state index contributed by atoms with van der Waals surface area (Å²) in [6.07, 6.45) is 0.713. The Kier molecular flexibility index (Phi) is 8.57. The number of benzene rings is 1. The van der Waals surface area contributed by atoms with Crippen LogP contribution in [0, 0.1) is 11.3 Å². The zero-order chi connectivity index (χ0) is 27.3. The van der Waals surface area contributed by atoms with Crippen LogP contribution in [-0.4, -0.2) is 69.8 Å². The second-order valence-corrected chi connectivity index (χ2v) is 10.8. The molecule has 0 saturated carbocycles. The van der Waals surface area contributed by atoms with Crippen molar-refractivity contribution in [3.63, 3.8) is 0 Å². The first-order valence-corrected chi connectivity index (χ1v) is 13.1. The number of ether oxygens (including phenoxy) is 2. The Labute approximate surface area is 228 Å². The molecule has 0 aliphatic carbocycles. The lowest BCUT2D eigenvalue weighted by atomic mass is 10.1. The van der Waals surface area contributed by atoms with Gasteiger partial charge < -0.3 is 24.2 Å². The van der Waals surface area contributed by atoms with Crippen molar-refractivity contribution in [2.45, 2.75) is 64.8 Å². The van der Waals surface area contributed by atoms with Crippen molar-refractivity contribution in [3.05, 3.63) is 52.4 Å². The lowest BCUT2D eigenvalue weighted by molar-refractivity contribution is 0.0234. The summed E-state index contributed by atoms with van der Waals surface area (Å²) in [5, 5.41) is 9.56. The van der Waals surface area contributed by atoms with Gasteiger partial charge in [-0.15, -0.1) is 0 Å². The van der Waals surface area contributed by atoms with Crippen LogP contribution in [0.1, 0.15) is 50.4 Å². The Morgan fingerprint density at radius 2 is 1.89 bits per heavy atom. The number of nitrogens with zero attached hydrogens (tertiary/aromatic N) is 6. The quantitative estimate of drug-likeness (QED) is 0.519. The van der Waals surface area contributed by atoms with E-state index in [1.807, 2.05) is 51.1 Å². The van der Waals surface area contributed by atoms with Crippen LogP contribution in [0.15, 0.2) is 30.3 Å². The van der Waals surface area contributed by atoms with Gasteiger partial charge in [0.05, 0.1) is 30.8 Å². The minimum absolute atomic E-state index is 0.0892. The predicted octanol–water partition coefficient (Wildman–Crippen LogP) is 4.55. The molecule has 1 saturated heterocycles. The molecule has 2 aliphatic heterocycles. The largest absolute Gasteiger partial charge is 0.445 e. The second-order valence-electron chi connectivity index (χ2n) is 10.4. The molecule has 3 heterocycles. The molecule has 1 unspecified atom stereocenters. The maximum Gasteiger partial charge on any atom is 0.410 e. The van der Waals surface area contributed by atoms with Crippen molar-refractivity contribution in [3.8, 4) is 6.07 Å². The zero-order valence-electron chi connectivity index (χ0n) is 22.0. The summed E-state index contributed by atoms with van der Waals surface area (Å²) in [7, 11) is 0. The van der Waals surface area contributed by atoms with Gasteiger partial charge in [0.25, 0.3) is 0 Å². The van der Waals surface area contributed by atoms with E-state index in [9.17, 15) is 14.9 Å². The van der Waals surface area contributed by atoms with Crippen LogP contribution in [-0.2, 0) is 29.0 Å². The third-order valence-electron chi connectivity index (χ3n) is 6.44. The minimum Gasteiger partial charge on any atom is -0.445 e. The molecule has 202 valence electrons. The molecule has 0 bridgehead atoms. The third kappa shape index (κ3) is 6.84. The van der Waals surface area contributed by atoms with Crippen molar-refractivity contribution in [2.75, 3.05) is 31.1 Å². The summed E-state index contributed by atoms with van der Waals surface area (Å²) in [6.45, 7) is 7.76. The van der Waals surface area contributed by atoms with Gasteiger partial charge in [0.15, 0.2) is 0 Å². The van der Waals surface area contributed by atoms with Gasteiger partial charge in [0.2, 0.25) is 5.28 Å². The van der Waals surface area contributed by atoms with Crippen molar-refractivity contribution < 1.29 is 19.1 Å². The Hall–Kier alpha value is -3.58. The molecule has 0 spiro atoms. The summed E-state index contributed by atoms with van der Waals surface area (Å²) in [5.41, 5.74) is 1.91. The minimum atomic E-state index is -0.599. The molecule has 1 aromatic heterocycles. The number of hydrogen-bond donors (Lipinski definition) is 0. The number of rotatable bonds is 4. The van der Waals surface area contributed by atoms with Gasteiger partial charge in [-0.2, -0.15) is 5.26 Å². The van der Waals surface area contributed by atoms with Gasteiger partial charge >= 0.3 is 12.2 Å². The summed E-state index contributed by atoms with van der Waals surface area (Å²) >= 11 is 6.34. The third-order valence-corrected chi connectivity index (χ3v) is 6.61. The Bertz CT molecular complexity index is 1200. The molecular formula is C27H33ClN6O4. The smallest absolute Gasteiger partial charge is 0.410 e. The van der Waals surface area contributed by atoms with E-state index in [2.05, 4.69) is 20.9 Å². The zero-order valence-corrected chi connectivity index (χ0v) is 22.8. The molecule has 0 N–H and O–H groups in total. The molecular weight excluding hydrogens is 508 g/mol. The number of aromatic nitrogens is 2. The molecule has 2 aromatic rings. The number of carbonyl (C=O) groups is 2. The fraction of sp³-hybridized carbons (Fsp3) is 0.519. The SMILES string of the molecule is CC(C)(C)OC(=O)N1CCCc2c(nc(Cl)nc2N2CCN(C(=O)OCc3ccccc3)C(CC#N)C2)C1. The van der Waals surface area contributed by atoms with E-state index in [1.165, 1.54) is 0 Å². The summed E-state index contributed by atoms with van der Waals surface area (Å²) < 4.78 is 11.1. The van der Waals surface area contributed by atoms with Crippen LogP contribution in [0.3, 0.4) is 0 Å². The van der Waals surface area contributed by atoms with Gasteiger partial charge in [-0.25, -0.2) is 19.6 Å². The van der Waals surface area contributed by atoms with E-state index in [4.69, 9.17) is 21.1 Å². The first kappa shape index (κ1) is 27.5. The number of nitriles is 1. The normalized spacial score (nSPS) is 17.8. The molecule has 1 atom stereocenters. The van der Waals surface area contributed by atoms with E-state index in [1.54, 1.807) is 9.80 Å². The molecule has 38 heavy (non-hydrogen) atoms. The average Bonchev–Trinajstić information content (AvgIpc) is 3.09. The summed E-state index contributed by atoms with van der Waals surface area (Å²) in [6, 6.07) is 11.3. The maximum atomic E-state index is 12.9. The summed E-state index contributed by atoms with van der Waals surface area (Å²) in [4.78, 5) is 40.0. The van der Waals surface area contributed by atoms with Crippen LogP contribution in [0.4, 0.5) is 15.4 Å². The number of amides is 2. The van der Waals surface area contributed by atoms with Crippen LogP contribution >= 0.6 is 11.6 Å². The van der Waals surface area contributed by atoms with Crippen LogP contribution in [0.25, 0.3) is 0 Å². The predicted molar refractivity (Wildman–Crippen MR) is 142 cm³/mol. The first-order valence-electron chi connectivity index (χ1n) is 12.8. The van der Waals surface area contributed by atoms with Gasteiger partial charge in [0, 0.05) is 31.7 Å². The fourth-order valence-corrected chi connectivity index (χ4v) is 4.88. The fourth-order valence-electron chi connectivity index (χ4n) is 4.70. The second kappa shape index (κ2) is 11.9. The molecule has 11 heteroatoms. The Morgan fingerprint density at radius 3 is 2.61 bits per heavy atom. The van der Waals surface area contributed by atoms with Crippen molar-refractivity contribution in [2.24, 2.45) is 0 Å². The summed E-state index contributed by atoms with van der Waals surface area (Å²) in [5.74, 6) is 0.686. The highest BCUT2D eigenvalue weighted by molar-refractivity contribution is 6.28. The highest BCUT2D eigenvalue weighted by atomic mass is 35.5. The monoisotopic (exact) mass is 540 g/mol. The van der Waals surface area contributed by atoms with E-state index in [0.717, 1.165) is 17.5 Å².